The van der Waals surface area contributed by atoms with Crippen LogP contribution in [0.3, 0.4) is 0 Å². The van der Waals surface area contributed by atoms with Gasteiger partial charge in [-0.2, -0.15) is 0 Å². The monoisotopic (exact) mass is 255 g/mol. The minimum atomic E-state index is 0.119. The van der Waals surface area contributed by atoms with E-state index in [0.29, 0.717) is 13.2 Å². The first-order valence-corrected chi connectivity index (χ1v) is 4.33. The quantitative estimate of drug-likeness (QED) is 0.370. The predicted octanol–water partition coefficient (Wildman–Crippen LogP) is 1.26. The van der Waals surface area contributed by atoms with Crippen LogP contribution in [0.15, 0.2) is 0 Å². The summed E-state index contributed by atoms with van der Waals surface area (Å²) < 4.78 is 5.28. The molecule has 1 rings (SSSR count). The number of carbonyl (C=O) groups is 1. The highest BCUT2D eigenvalue weighted by atomic mass is 127. The average molecular weight is 255 g/mol. The van der Waals surface area contributed by atoms with Gasteiger partial charge in [0.15, 0.2) is 0 Å². The lowest BCUT2D eigenvalue weighted by Crippen LogP contribution is -2.44. The Balaban J connectivity index is 2.47. The number of hydrogen-bond acceptors (Lipinski definition) is 2. The number of ether oxygens (including phenoxy) is 1. The van der Waals surface area contributed by atoms with Crippen molar-refractivity contribution in [3.63, 3.8) is 0 Å². The Morgan fingerprint density at radius 3 is 2.90 bits per heavy atom. The Hall–Kier alpha value is 0.160. The maximum Gasteiger partial charge on any atom is 0.283 e. The fourth-order valence-electron chi connectivity index (χ4n) is 0.988. The van der Waals surface area contributed by atoms with E-state index in [4.69, 9.17) is 4.74 Å². The summed E-state index contributed by atoms with van der Waals surface area (Å²) in [4.78, 5) is 12.7. The number of rotatable bonds is 0. The van der Waals surface area contributed by atoms with Gasteiger partial charge in [-0.05, 0) is 6.92 Å². The van der Waals surface area contributed by atoms with E-state index in [1.807, 2.05) is 34.4 Å². The summed E-state index contributed by atoms with van der Waals surface area (Å²) in [5.74, 6) is 0. The number of carbonyl (C=O) groups excluding carboxylic acids is 1. The summed E-state index contributed by atoms with van der Waals surface area (Å²) in [7, 11) is 0. The van der Waals surface area contributed by atoms with Crippen LogP contribution in [0.25, 0.3) is 0 Å². The normalized spacial score (nSPS) is 26.6. The number of nitrogens with zero attached hydrogens (tertiary/aromatic N) is 1. The van der Waals surface area contributed by atoms with E-state index < -0.39 is 0 Å². The maximum absolute atomic E-state index is 10.9. The lowest BCUT2D eigenvalue weighted by Gasteiger charge is -2.31. The Kier molecular flexibility index (Phi) is 2.91. The Morgan fingerprint density at radius 1 is 1.80 bits per heavy atom. The third-order valence-electron chi connectivity index (χ3n) is 1.59. The van der Waals surface area contributed by atoms with Crippen molar-refractivity contribution in [2.75, 3.05) is 19.8 Å². The van der Waals surface area contributed by atoms with E-state index in [-0.39, 0.29) is 9.96 Å². The highest BCUT2D eigenvalue weighted by molar-refractivity contribution is 14.1. The molecule has 0 spiro atoms. The molecule has 1 aliphatic rings. The van der Waals surface area contributed by atoms with Gasteiger partial charge in [0.25, 0.3) is 3.91 Å². The summed E-state index contributed by atoms with van der Waals surface area (Å²) in [5.41, 5.74) is 0. The first kappa shape index (κ1) is 8.26. The second-order valence-electron chi connectivity index (χ2n) is 2.37. The molecule has 1 heterocycles. The van der Waals surface area contributed by atoms with Gasteiger partial charge in [0.1, 0.15) is 0 Å². The van der Waals surface area contributed by atoms with E-state index in [9.17, 15) is 4.79 Å². The molecule has 0 aliphatic carbocycles. The van der Waals surface area contributed by atoms with Crippen molar-refractivity contribution >= 4 is 26.5 Å². The Labute approximate surface area is 73.9 Å². The topological polar surface area (TPSA) is 29.5 Å². The molecule has 1 atom stereocenters. The smallest absolute Gasteiger partial charge is 0.283 e. The summed E-state index contributed by atoms with van der Waals surface area (Å²) in [6.45, 7) is 4.09. The largest absolute Gasteiger partial charge is 0.377 e. The molecule has 10 heavy (non-hydrogen) atoms. The van der Waals surface area contributed by atoms with E-state index in [1.54, 1.807) is 0 Å². The second-order valence-corrected chi connectivity index (χ2v) is 3.29. The molecular weight excluding hydrogens is 245 g/mol. The molecule has 0 unspecified atom stereocenters. The molecule has 1 fully saturated rings. The van der Waals surface area contributed by atoms with Crippen LogP contribution in [-0.2, 0) is 4.74 Å². The lowest BCUT2D eigenvalue weighted by molar-refractivity contribution is 0.0258. The van der Waals surface area contributed by atoms with Crippen LogP contribution in [0.2, 0.25) is 0 Å². The van der Waals surface area contributed by atoms with Crippen LogP contribution >= 0.6 is 22.6 Å². The molecule has 0 saturated carbocycles. The molecule has 0 aromatic rings. The van der Waals surface area contributed by atoms with Gasteiger partial charge in [0.2, 0.25) is 0 Å². The third-order valence-corrected chi connectivity index (χ3v) is 2.21. The van der Waals surface area contributed by atoms with E-state index in [2.05, 4.69) is 0 Å². The van der Waals surface area contributed by atoms with Gasteiger partial charge in [-0.3, -0.25) is 4.79 Å². The molecule has 1 saturated heterocycles. The second kappa shape index (κ2) is 3.52. The Bertz CT molecular complexity index is 140. The first-order chi connectivity index (χ1) is 4.72. The Morgan fingerprint density at radius 2 is 2.50 bits per heavy atom. The molecule has 1 amide bonds. The van der Waals surface area contributed by atoms with E-state index >= 15 is 0 Å². The van der Waals surface area contributed by atoms with Crippen molar-refractivity contribution in [3.8, 4) is 0 Å². The van der Waals surface area contributed by atoms with Crippen molar-refractivity contribution in [2.45, 2.75) is 13.0 Å². The molecule has 0 aromatic carbocycles. The predicted molar refractivity (Wildman–Crippen MR) is 46.4 cm³/mol. The van der Waals surface area contributed by atoms with Crippen molar-refractivity contribution in [1.29, 1.82) is 0 Å². The molecule has 58 valence electrons. The molecule has 3 nitrogen and oxygen atoms in total. The number of halogens is 1. The van der Waals surface area contributed by atoms with Crippen molar-refractivity contribution < 1.29 is 9.53 Å². The zero-order valence-corrected chi connectivity index (χ0v) is 8.00. The average Bonchev–Trinajstić information content (AvgIpc) is 1.88. The fourth-order valence-corrected chi connectivity index (χ4v) is 1.71. The van der Waals surface area contributed by atoms with Gasteiger partial charge in [-0.25, -0.2) is 0 Å². The van der Waals surface area contributed by atoms with Crippen LogP contribution in [0, 0.1) is 0 Å². The zero-order chi connectivity index (χ0) is 7.56. The standard InChI is InChI=1S/C6H10INO2/c1-5-4-10-3-2-8(5)6(7)9/h5H,2-4H2,1H3/t5-/m1/s1. The SMILES string of the molecule is C[C@@H]1COCCN1C(=O)I. The van der Waals surface area contributed by atoms with Gasteiger partial charge in [-0.15, -0.1) is 0 Å². The van der Waals surface area contributed by atoms with Crippen LogP contribution in [0.1, 0.15) is 6.92 Å². The number of amides is 1. The van der Waals surface area contributed by atoms with Crippen LogP contribution in [-0.4, -0.2) is 34.6 Å². The van der Waals surface area contributed by atoms with Gasteiger partial charge in [0, 0.05) is 29.1 Å². The first-order valence-electron chi connectivity index (χ1n) is 3.25. The fraction of sp³-hybridized carbons (Fsp3) is 0.833. The molecule has 0 bridgehead atoms. The summed E-state index contributed by atoms with van der Waals surface area (Å²) in [6.07, 6.45) is 0. The number of hydrogen-bond donors (Lipinski definition) is 0. The highest BCUT2D eigenvalue weighted by Gasteiger charge is 2.21. The molecule has 0 N–H and O–H groups in total. The van der Waals surface area contributed by atoms with Crippen LogP contribution in [0.5, 0.6) is 0 Å². The minimum absolute atomic E-state index is 0.119. The van der Waals surface area contributed by atoms with E-state index in [1.165, 1.54) is 0 Å². The minimum Gasteiger partial charge on any atom is -0.377 e. The van der Waals surface area contributed by atoms with Crippen molar-refractivity contribution in [3.05, 3.63) is 0 Å². The molecule has 0 radical (unpaired) electrons. The molecule has 0 aromatic heterocycles. The molecule has 4 heteroatoms. The zero-order valence-electron chi connectivity index (χ0n) is 5.84. The van der Waals surface area contributed by atoms with E-state index in [0.717, 1.165) is 6.54 Å². The van der Waals surface area contributed by atoms with Gasteiger partial charge in [0.05, 0.1) is 19.3 Å². The summed E-state index contributed by atoms with van der Waals surface area (Å²) in [6, 6.07) is 0.248. The van der Waals surface area contributed by atoms with Gasteiger partial charge >= 0.3 is 0 Å². The van der Waals surface area contributed by atoms with Crippen LogP contribution in [0.4, 0.5) is 4.79 Å². The van der Waals surface area contributed by atoms with Crippen molar-refractivity contribution in [1.82, 2.24) is 4.90 Å². The maximum atomic E-state index is 10.9. The summed E-state index contributed by atoms with van der Waals surface area (Å²) >= 11 is 1.81. The van der Waals surface area contributed by atoms with Gasteiger partial charge in [-0.1, -0.05) is 0 Å². The highest BCUT2D eigenvalue weighted by Crippen LogP contribution is 2.09. The molecule has 1 aliphatic heterocycles. The summed E-state index contributed by atoms with van der Waals surface area (Å²) in [5, 5.41) is 0. The lowest BCUT2D eigenvalue weighted by atomic mass is 10.3. The van der Waals surface area contributed by atoms with Gasteiger partial charge < -0.3 is 9.64 Å². The van der Waals surface area contributed by atoms with Crippen LogP contribution < -0.4 is 0 Å². The molecular formula is C6H10INO2. The van der Waals surface area contributed by atoms with Crippen molar-refractivity contribution in [2.24, 2.45) is 0 Å². The third kappa shape index (κ3) is 1.82. The number of morpholine rings is 1.